The molecule has 0 aliphatic carbocycles. The van der Waals surface area contributed by atoms with Crippen LogP contribution >= 0.6 is 11.3 Å². The number of nitrogens with one attached hydrogen (secondary N) is 1. The molecule has 1 saturated heterocycles. The zero-order valence-corrected chi connectivity index (χ0v) is 13.0. The standard InChI is InChI=1S/C13H16N2O4S2/c16-7-3-1-5-10-9-14-13(20-10)15-12(17)11-6-2-4-8-21(11,18)19/h9,11,16H,2-4,6-8H2,(H,14,15,17). The number of rotatable bonds is 3. The highest BCUT2D eigenvalue weighted by molar-refractivity contribution is 7.92. The van der Waals surface area contributed by atoms with E-state index in [-0.39, 0.29) is 12.4 Å². The summed E-state index contributed by atoms with van der Waals surface area (Å²) in [5, 5.41) is 10.6. The molecule has 1 fully saturated rings. The lowest BCUT2D eigenvalue weighted by Gasteiger charge is -2.20. The summed E-state index contributed by atoms with van der Waals surface area (Å²) < 4.78 is 23.7. The largest absolute Gasteiger partial charge is 0.395 e. The molecule has 1 amide bonds. The van der Waals surface area contributed by atoms with Crippen molar-refractivity contribution in [2.45, 2.75) is 30.9 Å². The molecule has 21 heavy (non-hydrogen) atoms. The minimum absolute atomic E-state index is 0.00502. The molecule has 0 spiro atoms. The number of aliphatic hydroxyl groups is 1. The second-order valence-corrected chi connectivity index (χ2v) is 7.98. The molecular weight excluding hydrogens is 312 g/mol. The van der Waals surface area contributed by atoms with Crippen molar-refractivity contribution >= 4 is 32.2 Å². The molecular formula is C13H16N2O4S2. The molecule has 2 rings (SSSR count). The van der Waals surface area contributed by atoms with Gasteiger partial charge in [0.15, 0.2) is 15.0 Å². The number of thiazole rings is 1. The third-order valence-electron chi connectivity index (χ3n) is 3.06. The molecule has 1 aliphatic rings. The van der Waals surface area contributed by atoms with Gasteiger partial charge in [0, 0.05) is 6.42 Å². The van der Waals surface area contributed by atoms with E-state index in [4.69, 9.17) is 5.11 Å². The van der Waals surface area contributed by atoms with E-state index >= 15 is 0 Å². The molecule has 1 atom stereocenters. The van der Waals surface area contributed by atoms with Gasteiger partial charge in [-0.1, -0.05) is 29.6 Å². The van der Waals surface area contributed by atoms with Crippen LogP contribution in [0.2, 0.25) is 0 Å². The van der Waals surface area contributed by atoms with Crippen LogP contribution in [-0.2, 0) is 14.6 Å². The molecule has 0 bridgehead atoms. The lowest BCUT2D eigenvalue weighted by atomic mass is 10.2. The van der Waals surface area contributed by atoms with Crippen LogP contribution in [0.15, 0.2) is 6.20 Å². The monoisotopic (exact) mass is 328 g/mol. The molecule has 1 aromatic rings. The summed E-state index contributed by atoms with van der Waals surface area (Å²) in [6.45, 7) is -0.00502. The smallest absolute Gasteiger partial charge is 0.244 e. The Morgan fingerprint density at radius 2 is 2.33 bits per heavy atom. The Morgan fingerprint density at radius 1 is 1.52 bits per heavy atom. The maximum atomic E-state index is 12.1. The normalized spacial score (nSPS) is 20.3. The predicted molar refractivity (Wildman–Crippen MR) is 80.8 cm³/mol. The molecule has 0 radical (unpaired) electrons. The molecule has 1 aliphatic heterocycles. The summed E-state index contributed by atoms with van der Waals surface area (Å²) in [4.78, 5) is 16.7. The van der Waals surface area contributed by atoms with Crippen LogP contribution in [0.4, 0.5) is 5.13 Å². The zero-order chi connectivity index (χ0) is 15.3. The molecule has 0 aromatic carbocycles. The Labute approximate surface area is 127 Å². The van der Waals surface area contributed by atoms with Gasteiger partial charge in [-0.05, 0) is 12.8 Å². The van der Waals surface area contributed by atoms with E-state index in [0.717, 1.165) is 6.42 Å². The van der Waals surface area contributed by atoms with Crippen LogP contribution in [0.25, 0.3) is 0 Å². The van der Waals surface area contributed by atoms with Crippen LogP contribution in [0, 0.1) is 11.8 Å². The molecule has 8 heteroatoms. The van der Waals surface area contributed by atoms with Gasteiger partial charge < -0.3 is 10.4 Å². The molecule has 0 saturated carbocycles. The molecule has 114 valence electrons. The minimum Gasteiger partial charge on any atom is -0.395 e. The summed E-state index contributed by atoms with van der Waals surface area (Å²) in [6, 6.07) is 0. The van der Waals surface area contributed by atoms with Crippen LogP contribution in [0.3, 0.4) is 0 Å². The number of amides is 1. The molecule has 1 unspecified atom stereocenters. The van der Waals surface area contributed by atoms with Crippen LogP contribution in [0.5, 0.6) is 0 Å². The SMILES string of the molecule is O=C(Nc1ncc(C#CCCO)s1)C1CCCCS1(=O)=O. The highest BCUT2D eigenvalue weighted by Gasteiger charge is 2.35. The van der Waals surface area contributed by atoms with Gasteiger partial charge in [0.25, 0.3) is 0 Å². The Balaban J connectivity index is 2.02. The minimum atomic E-state index is -3.34. The van der Waals surface area contributed by atoms with Crippen LogP contribution in [-0.4, -0.2) is 42.0 Å². The highest BCUT2D eigenvalue weighted by atomic mass is 32.2. The van der Waals surface area contributed by atoms with Crippen LogP contribution < -0.4 is 5.32 Å². The number of aliphatic hydroxyl groups excluding tert-OH is 1. The van der Waals surface area contributed by atoms with E-state index in [1.165, 1.54) is 17.5 Å². The fourth-order valence-corrected chi connectivity index (χ4v) is 4.53. The Morgan fingerprint density at radius 3 is 3.05 bits per heavy atom. The first kappa shape index (κ1) is 15.9. The number of aromatic nitrogens is 1. The second-order valence-electron chi connectivity index (χ2n) is 4.65. The number of hydrogen-bond donors (Lipinski definition) is 2. The summed E-state index contributed by atoms with van der Waals surface area (Å²) in [5.41, 5.74) is 0. The summed E-state index contributed by atoms with van der Waals surface area (Å²) in [6.07, 6.45) is 3.61. The third kappa shape index (κ3) is 4.27. The van der Waals surface area contributed by atoms with Gasteiger partial charge in [0.2, 0.25) is 5.91 Å². The van der Waals surface area contributed by atoms with Crippen molar-refractivity contribution in [1.29, 1.82) is 0 Å². The lowest BCUT2D eigenvalue weighted by Crippen LogP contribution is -2.39. The first-order valence-electron chi connectivity index (χ1n) is 6.61. The average molecular weight is 328 g/mol. The van der Waals surface area contributed by atoms with Gasteiger partial charge in [-0.15, -0.1) is 0 Å². The van der Waals surface area contributed by atoms with Crippen molar-refractivity contribution in [2.24, 2.45) is 0 Å². The van der Waals surface area contributed by atoms with Crippen molar-refractivity contribution in [3.05, 3.63) is 11.1 Å². The predicted octanol–water partition coefficient (Wildman–Crippen LogP) is 0.783. The molecule has 2 heterocycles. The van der Waals surface area contributed by atoms with Crippen molar-refractivity contribution in [3.8, 4) is 11.8 Å². The zero-order valence-electron chi connectivity index (χ0n) is 11.3. The molecule has 2 N–H and O–H groups in total. The number of carbonyl (C=O) groups excluding carboxylic acids is 1. The first-order valence-corrected chi connectivity index (χ1v) is 9.14. The topological polar surface area (TPSA) is 96.4 Å². The fraction of sp³-hybridized carbons (Fsp3) is 0.538. The summed E-state index contributed by atoms with van der Waals surface area (Å²) in [5.74, 6) is 5.12. The fourth-order valence-electron chi connectivity index (χ4n) is 2.03. The van der Waals surface area contributed by atoms with Gasteiger partial charge in [0.05, 0.1) is 23.4 Å². The molecule has 6 nitrogen and oxygen atoms in total. The van der Waals surface area contributed by atoms with E-state index in [1.807, 2.05) is 0 Å². The van der Waals surface area contributed by atoms with E-state index < -0.39 is 21.0 Å². The number of hydrogen-bond acceptors (Lipinski definition) is 6. The van der Waals surface area contributed by atoms with E-state index in [9.17, 15) is 13.2 Å². The number of nitrogens with zero attached hydrogens (tertiary/aromatic N) is 1. The summed E-state index contributed by atoms with van der Waals surface area (Å²) in [7, 11) is -3.34. The Hall–Kier alpha value is -1.43. The van der Waals surface area contributed by atoms with Gasteiger partial charge >= 0.3 is 0 Å². The number of anilines is 1. The maximum Gasteiger partial charge on any atom is 0.244 e. The van der Waals surface area contributed by atoms with Crippen molar-refractivity contribution in [3.63, 3.8) is 0 Å². The van der Waals surface area contributed by atoms with Gasteiger partial charge in [0.1, 0.15) is 5.25 Å². The van der Waals surface area contributed by atoms with Crippen molar-refractivity contribution in [1.82, 2.24) is 4.98 Å². The van der Waals surface area contributed by atoms with E-state index in [0.29, 0.717) is 29.3 Å². The third-order valence-corrected chi connectivity index (χ3v) is 6.06. The lowest BCUT2D eigenvalue weighted by molar-refractivity contribution is -0.116. The van der Waals surface area contributed by atoms with Gasteiger partial charge in [-0.25, -0.2) is 13.4 Å². The highest BCUT2D eigenvalue weighted by Crippen LogP contribution is 2.23. The number of carbonyl (C=O) groups is 1. The second kappa shape index (κ2) is 7.02. The Bertz CT molecular complexity index is 670. The van der Waals surface area contributed by atoms with Crippen LogP contribution in [0.1, 0.15) is 30.6 Å². The van der Waals surface area contributed by atoms with Gasteiger partial charge in [-0.3, -0.25) is 4.79 Å². The van der Waals surface area contributed by atoms with Crippen molar-refractivity contribution < 1.29 is 18.3 Å². The quantitative estimate of drug-likeness (QED) is 0.800. The average Bonchev–Trinajstić information content (AvgIpc) is 2.86. The Kier molecular flexibility index (Phi) is 5.33. The van der Waals surface area contributed by atoms with Gasteiger partial charge in [-0.2, -0.15) is 0 Å². The van der Waals surface area contributed by atoms with E-state index in [1.54, 1.807) is 0 Å². The maximum absolute atomic E-state index is 12.1. The van der Waals surface area contributed by atoms with E-state index in [2.05, 4.69) is 22.1 Å². The molecule has 1 aromatic heterocycles. The summed E-state index contributed by atoms with van der Waals surface area (Å²) >= 11 is 1.18. The number of sulfone groups is 1. The van der Waals surface area contributed by atoms with Crippen molar-refractivity contribution in [2.75, 3.05) is 17.7 Å². The first-order chi connectivity index (χ1) is 10.0.